The van der Waals surface area contributed by atoms with Crippen molar-refractivity contribution in [1.29, 1.82) is 0 Å². The first-order chi connectivity index (χ1) is 11.3. The minimum Gasteiger partial charge on any atom is -0.321 e. The van der Waals surface area contributed by atoms with E-state index in [4.69, 9.17) is 0 Å². The second-order valence-electron chi connectivity index (χ2n) is 5.87. The van der Waals surface area contributed by atoms with Crippen LogP contribution in [0.5, 0.6) is 0 Å². The zero-order valence-corrected chi connectivity index (χ0v) is 12.3. The lowest BCUT2D eigenvalue weighted by Gasteiger charge is -2.09. The number of pyridine rings is 1. The van der Waals surface area contributed by atoms with Crippen molar-refractivity contribution < 1.29 is 0 Å². The molecule has 0 aliphatic rings. The summed E-state index contributed by atoms with van der Waals surface area (Å²) in [7, 11) is 0. The average molecular weight is 295 g/mol. The van der Waals surface area contributed by atoms with E-state index in [1.54, 1.807) is 0 Å². The van der Waals surface area contributed by atoms with Crippen LogP contribution < -0.4 is 5.56 Å². The summed E-state index contributed by atoms with van der Waals surface area (Å²) in [6.45, 7) is 0. The number of nitrogens with one attached hydrogen (secondary N) is 1. The van der Waals surface area contributed by atoms with E-state index < -0.39 is 0 Å². The van der Waals surface area contributed by atoms with Gasteiger partial charge in [-0.25, -0.2) is 0 Å². The number of fused-ring (bicyclic) bond motifs is 7. The van der Waals surface area contributed by atoms with Crippen LogP contribution in [0, 0.1) is 0 Å². The highest BCUT2D eigenvalue weighted by atomic mass is 16.1. The topological polar surface area (TPSA) is 32.9 Å². The van der Waals surface area contributed by atoms with Crippen LogP contribution in [0.15, 0.2) is 77.6 Å². The van der Waals surface area contributed by atoms with E-state index in [9.17, 15) is 4.79 Å². The van der Waals surface area contributed by atoms with E-state index >= 15 is 0 Å². The first kappa shape index (κ1) is 12.4. The van der Waals surface area contributed by atoms with Crippen LogP contribution >= 0.6 is 0 Å². The van der Waals surface area contributed by atoms with Gasteiger partial charge in [-0.2, -0.15) is 0 Å². The molecule has 108 valence electrons. The molecule has 0 saturated carbocycles. The van der Waals surface area contributed by atoms with Crippen LogP contribution in [-0.4, -0.2) is 4.98 Å². The normalized spacial score (nSPS) is 11.7. The van der Waals surface area contributed by atoms with Gasteiger partial charge in [0.05, 0.1) is 10.9 Å². The smallest absolute Gasteiger partial charge is 0.256 e. The lowest BCUT2D eigenvalue weighted by molar-refractivity contribution is 1.36. The highest BCUT2D eigenvalue weighted by Crippen LogP contribution is 2.31. The maximum absolute atomic E-state index is 12.8. The van der Waals surface area contributed by atoms with Crippen molar-refractivity contribution in [2.45, 2.75) is 0 Å². The van der Waals surface area contributed by atoms with Gasteiger partial charge >= 0.3 is 0 Å². The van der Waals surface area contributed by atoms with Crippen molar-refractivity contribution in [2.75, 3.05) is 0 Å². The van der Waals surface area contributed by atoms with Gasteiger partial charge in [0.1, 0.15) is 0 Å². The number of benzene rings is 4. The summed E-state index contributed by atoms with van der Waals surface area (Å²) in [5.41, 5.74) is 0.886. The monoisotopic (exact) mass is 295 g/mol. The molecule has 0 amide bonds. The summed E-state index contributed by atoms with van der Waals surface area (Å²) >= 11 is 0. The van der Waals surface area contributed by atoms with Gasteiger partial charge in [-0.1, -0.05) is 72.8 Å². The molecule has 5 aromatic rings. The van der Waals surface area contributed by atoms with E-state index in [1.807, 2.05) is 36.4 Å². The Morgan fingerprint density at radius 2 is 1.17 bits per heavy atom. The molecule has 5 rings (SSSR count). The molecule has 0 saturated heterocycles. The number of hydrogen-bond donors (Lipinski definition) is 1. The molecule has 0 radical (unpaired) electrons. The van der Waals surface area contributed by atoms with Gasteiger partial charge in [-0.05, 0) is 21.5 Å². The summed E-state index contributed by atoms with van der Waals surface area (Å²) in [5.74, 6) is 0. The first-order valence-corrected chi connectivity index (χ1v) is 7.68. The molecule has 23 heavy (non-hydrogen) atoms. The molecule has 1 heterocycles. The predicted octanol–water partition coefficient (Wildman–Crippen LogP) is 4.99. The predicted molar refractivity (Wildman–Crippen MR) is 97.1 cm³/mol. The lowest BCUT2D eigenvalue weighted by atomic mass is 9.98. The van der Waals surface area contributed by atoms with E-state index in [1.165, 1.54) is 0 Å². The van der Waals surface area contributed by atoms with Gasteiger partial charge in [-0.15, -0.1) is 0 Å². The first-order valence-electron chi connectivity index (χ1n) is 7.68. The quantitative estimate of drug-likeness (QED) is 0.401. The number of hydrogen-bond acceptors (Lipinski definition) is 1. The zero-order valence-electron chi connectivity index (χ0n) is 12.3. The molecule has 0 aliphatic carbocycles. The van der Waals surface area contributed by atoms with Gasteiger partial charge in [0.15, 0.2) is 0 Å². The molecule has 1 aromatic heterocycles. The molecule has 0 unspecified atom stereocenters. The van der Waals surface area contributed by atoms with Crippen LogP contribution in [0.1, 0.15) is 0 Å². The second-order valence-corrected chi connectivity index (χ2v) is 5.87. The Morgan fingerprint density at radius 1 is 0.565 bits per heavy atom. The van der Waals surface area contributed by atoms with Gasteiger partial charge in [-0.3, -0.25) is 4.79 Å². The van der Waals surface area contributed by atoms with Crippen molar-refractivity contribution in [2.24, 2.45) is 0 Å². The van der Waals surface area contributed by atoms with Crippen LogP contribution in [0.25, 0.3) is 43.2 Å². The molecule has 0 aliphatic heterocycles. The SMILES string of the molecule is O=c1[nH]c2c3ccccc3ccc2c2ccc3ccccc3c12. The van der Waals surface area contributed by atoms with E-state index in [-0.39, 0.29) is 5.56 Å². The van der Waals surface area contributed by atoms with Crippen molar-refractivity contribution >= 4 is 43.2 Å². The molecule has 2 heteroatoms. The van der Waals surface area contributed by atoms with Crippen LogP contribution in [0.4, 0.5) is 0 Å². The summed E-state index contributed by atoms with van der Waals surface area (Å²) in [6, 6.07) is 24.5. The Kier molecular flexibility index (Phi) is 2.39. The largest absolute Gasteiger partial charge is 0.321 e. The van der Waals surface area contributed by atoms with Crippen molar-refractivity contribution in [3.63, 3.8) is 0 Å². The fourth-order valence-electron chi connectivity index (χ4n) is 3.55. The Bertz CT molecular complexity index is 1280. The highest BCUT2D eigenvalue weighted by Gasteiger charge is 2.10. The molecule has 0 spiro atoms. The van der Waals surface area contributed by atoms with Crippen LogP contribution in [0.2, 0.25) is 0 Å². The lowest BCUT2D eigenvalue weighted by Crippen LogP contribution is -2.07. The minimum absolute atomic E-state index is 0.0272. The third kappa shape index (κ3) is 1.66. The maximum Gasteiger partial charge on any atom is 0.256 e. The fraction of sp³-hybridized carbons (Fsp3) is 0. The molecular weight excluding hydrogens is 282 g/mol. The maximum atomic E-state index is 12.8. The van der Waals surface area contributed by atoms with Gasteiger partial charge in [0.25, 0.3) is 5.56 Å². The number of rotatable bonds is 0. The number of aromatic nitrogens is 1. The van der Waals surface area contributed by atoms with Gasteiger partial charge in [0, 0.05) is 10.8 Å². The molecule has 1 N–H and O–H groups in total. The Balaban J connectivity index is 2.11. The summed E-state index contributed by atoms with van der Waals surface area (Å²) in [6.07, 6.45) is 0. The Morgan fingerprint density at radius 3 is 1.96 bits per heavy atom. The highest BCUT2D eigenvalue weighted by molar-refractivity contribution is 6.20. The Hall–Kier alpha value is -3.13. The van der Waals surface area contributed by atoms with E-state index in [0.717, 1.165) is 43.2 Å². The summed E-state index contributed by atoms with van der Waals surface area (Å²) in [4.78, 5) is 15.9. The van der Waals surface area contributed by atoms with E-state index in [2.05, 4.69) is 41.4 Å². The Labute approximate surface area is 132 Å². The molecular formula is C21H13NO. The van der Waals surface area contributed by atoms with Crippen molar-refractivity contribution in [3.05, 3.63) is 83.2 Å². The average Bonchev–Trinajstić information content (AvgIpc) is 2.61. The molecule has 4 aromatic carbocycles. The third-order valence-electron chi connectivity index (χ3n) is 4.61. The fourth-order valence-corrected chi connectivity index (χ4v) is 3.55. The molecule has 0 fully saturated rings. The zero-order chi connectivity index (χ0) is 15.4. The van der Waals surface area contributed by atoms with Crippen LogP contribution in [-0.2, 0) is 0 Å². The van der Waals surface area contributed by atoms with Crippen molar-refractivity contribution in [3.8, 4) is 0 Å². The van der Waals surface area contributed by atoms with Gasteiger partial charge < -0.3 is 4.98 Å². The van der Waals surface area contributed by atoms with E-state index in [0.29, 0.717) is 0 Å². The second kappa shape index (κ2) is 4.43. The van der Waals surface area contributed by atoms with Crippen molar-refractivity contribution in [1.82, 2.24) is 4.98 Å². The molecule has 0 atom stereocenters. The number of aromatic amines is 1. The standard InChI is InChI=1S/C21H13NO/c23-21-19-15-7-3-1-5-13(15)9-11-17(19)18-12-10-14-6-2-4-8-16(14)20(18)22-21/h1-12H,(H,22,23). The molecule has 0 bridgehead atoms. The summed E-state index contributed by atoms with van der Waals surface area (Å²) in [5, 5.41) is 7.17. The third-order valence-corrected chi connectivity index (χ3v) is 4.61. The van der Waals surface area contributed by atoms with Crippen LogP contribution in [0.3, 0.4) is 0 Å². The minimum atomic E-state index is -0.0272. The summed E-state index contributed by atoms with van der Waals surface area (Å²) < 4.78 is 0. The van der Waals surface area contributed by atoms with Gasteiger partial charge in [0.2, 0.25) is 0 Å². The number of H-pyrrole nitrogens is 1. The molecule has 2 nitrogen and oxygen atoms in total.